The van der Waals surface area contributed by atoms with Gasteiger partial charge < -0.3 is 19.3 Å². The van der Waals surface area contributed by atoms with E-state index in [0.717, 1.165) is 0 Å². The molecule has 0 atom stereocenters. The zero-order valence-corrected chi connectivity index (χ0v) is 12.4. The molecule has 21 heavy (non-hydrogen) atoms. The minimum Gasteiger partial charge on any atom is -0.490 e. The lowest BCUT2D eigenvalue weighted by Gasteiger charge is -2.09. The van der Waals surface area contributed by atoms with Gasteiger partial charge in [-0.25, -0.2) is 0 Å². The molecule has 6 nitrogen and oxygen atoms in total. The van der Waals surface area contributed by atoms with Crippen LogP contribution in [0.1, 0.15) is 16.1 Å². The number of aromatic nitrogens is 1. The Morgan fingerprint density at radius 1 is 1.43 bits per heavy atom. The van der Waals surface area contributed by atoms with Gasteiger partial charge in [-0.3, -0.25) is 4.79 Å². The second-order valence-corrected chi connectivity index (χ2v) is 4.66. The van der Waals surface area contributed by atoms with Crippen molar-refractivity contribution in [1.82, 2.24) is 5.16 Å². The van der Waals surface area contributed by atoms with Gasteiger partial charge in [0, 0.05) is 12.8 Å². The summed E-state index contributed by atoms with van der Waals surface area (Å²) in [6.45, 7) is 2.57. The van der Waals surface area contributed by atoms with Gasteiger partial charge in [-0.2, -0.15) is 0 Å². The first-order chi connectivity index (χ1) is 10.1. The predicted molar refractivity (Wildman–Crippen MR) is 78.0 cm³/mol. The molecular formula is C14H15ClN2O4. The van der Waals surface area contributed by atoms with Crippen molar-refractivity contribution in [2.45, 2.75) is 6.92 Å². The summed E-state index contributed by atoms with van der Waals surface area (Å²) in [7, 11) is 1.59. The van der Waals surface area contributed by atoms with Gasteiger partial charge in [-0.05, 0) is 25.1 Å². The Kier molecular flexibility index (Phi) is 5.19. The highest BCUT2D eigenvalue weighted by atomic mass is 35.5. The maximum atomic E-state index is 12.0. The summed E-state index contributed by atoms with van der Waals surface area (Å²) >= 11 is 6.10. The Morgan fingerprint density at radius 3 is 2.86 bits per heavy atom. The van der Waals surface area contributed by atoms with E-state index in [0.29, 0.717) is 40.9 Å². The van der Waals surface area contributed by atoms with Crippen molar-refractivity contribution in [1.29, 1.82) is 0 Å². The molecular weight excluding hydrogens is 296 g/mol. The van der Waals surface area contributed by atoms with Crippen LogP contribution < -0.4 is 10.1 Å². The van der Waals surface area contributed by atoms with E-state index in [1.54, 1.807) is 32.2 Å². The Hall–Kier alpha value is -2.05. The zero-order valence-electron chi connectivity index (χ0n) is 11.7. The van der Waals surface area contributed by atoms with Crippen molar-refractivity contribution in [3.05, 3.63) is 40.7 Å². The highest BCUT2D eigenvalue weighted by molar-refractivity contribution is 6.32. The van der Waals surface area contributed by atoms with Crippen LogP contribution in [0.25, 0.3) is 0 Å². The monoisotopic (exact) mass is 310 g/mol. The molecule has 0 saturated heterocycles. The van der Waals surface area contributed by atoms with E-state index >= 15 is 0 Å². The van der Waals surface area contributed by atoms with Crippen LogP contribution in [0.4, 0.5) is 5.69 Å². The number of nitrogens with zero attached hydrogens (tertiary/aromatic N) is 1. The summed E-state index contributed by atoms with van der Waals surface area (Å²) in [5.41, 5.74) is 1.47. The van der Waals surface area contributed by atoms with Crippen molar-refractivity contribution >= 4 is 23.2 Å². The molecule has 0 radical (unpaired) electrons. The molecule has 0 aliphatic carbocycles. The van der Waals surface area contributed by atoms with E-state index in [4.69, 9.17) is 25.6 Å². The molecule has 2 rings (SSSR count). The second kappa shape index (κ2) is 7.10. The number of aryl methyl sites for hydroxylation is 1. The number of amides is 1. The van der Waals surface area contributed by atoms with E-state index in [-0.39, 0.29) is 5.91 Å². The van der Waals surface area contributed by atoms with Crippen LogP contribution in [0, 0.1) is 6.92 Å². The van der Waals surface area contributed by atoms with Crippen LogP contribution in [0.2, 0.25) is 5.02 Å². The molecule has 1 heterocycles. The zero-order chi connectivity index (χ0) is 15.2. The number of methoxy groups -OCH3 is 1. The average Bonchev–Trinajstić information content (AvgIpc) is 2.88. The van der Waals surface area contributed by atoms with Crippen molar-refractivity contribution in [2.24, 2.45) is 0 Å². The molecule has 0 spiro atoms. The van der Waals surface area contributed by atoms with E-state index in [2.05, 4.69) is 10.5 Å². The average molecular weight is 311 g/mol. The first kappa shape index (κ1) is 15.3. The van der Waals surface area contributed by atoms with E-state index < -0.39 is 0 Å². The van der Waals surface area contributed by atoms with Gasteiger partial charge in [0.15, 0.2) is 0 Å². The number of benzene rings is 1. The van der Waals surface area contributed by atoms with Crippen LogP contribution in [0.5, 0.6) is 5.75 Å². The van der Waals surface area contributed by atoms with Crippen LogP contribution in [-0.2, 0) is 4.74 Å². The lowest BCUT2D eigenvalue weighted by molar-refractivity contribution is 0.102. The van der Waals surface area contributed by atoms with Gasteiger partial charge in [0.25, 0.3) is 5.91 Å². The fourth-order valence-electron chi connectivity index (χ4n) is 1.64. The lowest BCUT2D eigenvalue weighted by atomic mass is 10.2. The van der Waals surface area contributed by atoms with Crippen LogP contribution >= 0.6 is 11.6 Å². The number of anilines is 1. The normalized spacial score (nSPS) is 10.4. The number of ether oxygens (including phenoxy) is 2. The first-order valence-corrected chi connectivity index (χ1v) is 6.63. The maximum absolute atomic E-state index is 12.0. The van der Waals surface area contributed by atoms with E-state index in [9.17, 15) is 4.79 Å². The molecule has 1 amide bonds. The highest BCUT2D eigenvalue weighted by Crippen LogP contribution is 2.28. The number of halogens is 1. The van der Waals surface area contributed by atoms with Crippen molar-refractivity contribution in [2.75, 3.05) is 25.6 Å². The molecule has 0 bridgehead atoms. The van der Waals surface area contributed by atoms with Gasteiger partial charge in [-0.1, -0.05) is 16.8 Å². The third-order valence-electron chi connectivity index (χ3n) is 2.73. The van der Waals surface area contributed by atoms with Gasteiger partial charge >= 0.3 is 0 Å². The molecule has 0 fully saturated rings. The fourth-order valence-corrected chi connectivity index (χ4v) is 1.87. The Balaban J connectivity index is 2.03. The summed E-state index contributed by atoms with van der Waals surface area (Å²) in [6.07, 6.45) is 1.30. The summed E-state index contributed by atoms with van der Waals surface area (Å²) in [5, 5.41) is 6.78. The molecule has 2 aromatic rings. The molecule has 1 N–H and O–H groups in total. The highest BCUT2D eigenvalue weighted by Gasteiger charge is 2.13. The smallest absolute Gasteiger partial charge is 0.260 e. The molecule has 0 aliphatic rings. The van der Waals surface area contributed by atoms with Gasteiger partial charge in [0.1, 0.15) is 24.2 Å². The third-order valence-corrected chi connectivity index (χ3v) is 3.02. The third kappa shape index (κ3) is 3.96. The second-order valence-electron chi connectivity index (χ2n) is 4.25. The first-order valence-electron chi connectivity index (χ1n) is 6.25. The van der Waals surface area contributed by atoms with Crippen LogP contribution in [0.3, 0.4) is 0 Å². The number of nitrogens with one attached hydrogen (secondary N) is 1. The summed E-state index contributed by atoms with van der Waals surface area (Å²) in [5.74, 6) is 0.228. The van der Waals surface area contributed by atoms with Crippen molar-refractivity contribution in [3.63, 3.8) is 0 Å². The SMILES string of the molecule is COCCOc1ccc(NC(=O)c2conc2C)cc1Cl. The lowest BCUT2D eigenvalue weighted by Crippen LogP contribution is -2.12. The fraction of sp³-hybridized carbons (Fsp3) is 0.286. The minimum atomic E-state index is -0.308. The molecule has 1 aromatic carbocycles. The Morgan fingerprint density at radius 2 is 2.24 bits per heavy atom. The number of rotatable bonds is 6. The largest absolute Gasteiger partial charge is 0.490 e. The summed E-state index contributed by atoms with van der Waals surface area (Å²) in [6, 6.07) is 5.01. The van der Waals surface area contributed by atoms with E-state index in [1.807, 2.05) is 0 Å². The number of hydrogen-bond acceptors (Lipinski definition) is 5. The summed E-state index contributed by atoms with van der Waals surface area (Å²) in [4.78, 5) is 12.0. The Bertz CT molecular complexity index is 627. The van der Waals surface area contributed by atoms with Crippen LogP contribution in [0.15, 0.2) is 29.0 Å². The number of hydrogen-bond donors (Lipinski definition) is 1. The predicted octanol–water partition coefficient (Wildman–Crippen LogP) is 2.91. The van der Waals surface area contributed by atoms with Crippen molar-refractivity contribution in [3.8, 4) is 5.75 Å². The summed E-state index contributed by atoms with van der Waals surface area (Å²) < 4.78 is 15.1. The number of carbonyl (C=O) groups is 1. The molecule has 0 aliphatic heterocycles. The Labute approximate surface area is 127 Å². The molecule has 0 unspecified atom stereocenters. The maximum Gasteiger partial charge on any atom is 0.260 e. The van der Waals surface area contributed by atoms with Crippen molar-refractivity contribution < 1.29 is 18.8 Å². The van der Waals surface area contributed by atoms with Gasteiger partial charge in [0.2, 0.25) is 0 Å². The molecule has 7 heteroatoms. The number of carbonyl (C=O) groups excluding carboxylic acids is 1. The molecule has 1 aromatic heterocycles. The minimum absolute atomic E-state index is 0.308. The topological polar surface area (TPSA) is 73.6 Å². The molecule has 112 valence electrons. The standard InChI is InChI=1S/C14H15ClN2O4/c1-9-11(8-21-17-9)14(18)16-10-3-4-13(12(15)7-10)20-6-5-19-2/h3-4,7-8H,5-6H2,1-2H3,(H,16,18). The quantitative estimate of drug-likeness (QED) is 0.830. The van der Waals surface area contributed by atoms with Gasteiger partial charge in [-0.15, -0.1) is 0 Å². The van der Waals surface area contributed by atoms with E-state index in [1.165, 1.54) is 6.26 Å². The van der Waals surface area contributed by atoms with Crippen LogP contribution in [-0.4, -0.2) is 31.4 Å². The van der Waals surface area contributed by atoms with Gasteiger partial charge in [0.05, 0.1) is 17.3 Å². The molecule has 0 saturated carbocycles.